The van der Waals surface area contributed by atoms with Crippen molar-refractivity contribution in [1.82, 2.24) is 0 Å². The lowest BCUT2D eigenvalue weighted by Gasteiger charge is -2.11. The van der Waals surface area contributed by atoms with Crippen molar-refractivity contribution < 1.29 is 27.5 Å². The first-order valence-corrected chi connectivity index (χ1v) is 8.85. The summed E-state index contributed by atoms with van der Waals surface area (Å²) >= 11 is 0. The Labute approximate surface area is 170 Å². The molecule has 0 bridgehead atoms. The van der Waals surface area contributed by atoms with E-state index in [0.717, 1.165) is 12.1 Å². The van der Waals surface area contributed by atoms with Gasteiger partial charge in [-0.3, -0.25) is 9.59 Å². The lowest BCUT2D eigenvalue weighted by atomic mass is 10.2. The molecule has 8 heteroatoms. The number of anilines is 2. The summed E-state index contributed by atoms with van der Waals surface area (Å²) in [4.78, 5) is 23.5. The fourth-order valence-corrected chi connectivity index (χ4v) is 2.62. The third-order valence-electron chi connectivity index (χ3n) is 3.96. The first-order valence-electron chi connectivity index (χ1n) is 8.85. The van der Waals surface area contributed by atoms with Crippen molar-refractivity contribution in [3.63, 3.8) is 0 Å². The van der Waals surface area contributed by atoms with Crippen LogP contribution in [0.5, 0.6) is 11.5 Å². The van der Waals surface area contributed by atoms with Crippen molar-refractivity contribution in [3.05, 3.63) is 83.9 Å². The molecule has 0 unspecified atom stereocenters. The van der Waals surface area contributed by atoms with E-state index in [4.69, 9.17) is 4.74 Å². The van der Waals surface area contributed by atoms with Gasteiger partial charge in [-0.2, -0.15) is 13.2 Å². The number of hydrogen-bond donors (Lipinski definition) is 2. The standard InChI is InChI=1S/C22H17F3N2O3/c1-14(28)26-17-8-10-18(11-9-17)27-21(29)15-4-2-6-19(12-15)30-20-7-3-5-16(13-20)22(23,24)25/h2-13H,1H3,(H,26,28)(H,27,29). The Morgan fingerprint density at radius 3 is 1.97 bits per heavy atom. The van der Waals surface area contributed by atoms with E-state index in [9.17, 15) is 22.8 Å². The van der Waals surface area contributed by atoms with E-state index < -0.39 is 17.6 Å². The second kappa shape index (κ2) is 8.69. The Kier molecular flexibility index (Phi) is 6.06. The summed E-state index contributed by atoms with van der Waals surface area (Å²) in [5.41, 5.74) is 0.553. The number of carbonyl (C=O) groups is 2. The number of amides is 2. The van der Waals surface area contributed by atoms with Gasteiger partial charge in [0.25, 0.3) is 5.91 Å². The number of nitrogens with one attached hydrogen (secondary N) is 2. The maximum absolute atomic E-state index is 12.8. The zero-order valence-corrected chi connectivity index (χ0v) is 15.8. The molecule has 3 aromatic rings. The largest absolute Gasteiger partial charge is 0.457 e. The quantitative estimate of drug-likeness (QED) is 0.562. The van der Waals surface area contributed by atoms with Crippen molar-refractivity contribution in [2.75, 3.05) is 10.6 Å². The van der Waals surface area contributed by atoms with Crippen molar-refractivity contribution in [2.24, 2.45) is 0 Å². The third kappa shape index (κ3) is 5.60. The molecule has 2 N–H and O–H groups in total. The molecule has 0 aromatic heterocycles. The summed E-state index contributed by atoms with van der Waals surface area (Å²) in [5, 5.41) is 5.33. The smallest absolute Gasteiger partial charge is 0.416 e. The molecule has 2 amide bonds. The maximum Gasteiger partial charge on any atom is 0.416 e. The van der Waals surface area contributed by atoms with Crippen molar-refractivity contribution in [1.29, 1.82) is 0 Å². The first kappa shape index (κ1) is 20.9. The molecule has 0 atom stereocenters. The SMILES string of the molecule is CC(=O)Nc1ccc(NC(=O)c2cccc(Oc3cccc(C(F)(F)F)c3)c2)cc1. The first-order chi connectivity index (χ1) is 14.2. The Bertz CT molecular complexity index is 1060. The molecule has 0 spiro atoms. The number of alkyl halides is 3. The molecule has 0 saturated carbocycles. The van der Waals surface area contributed by atoms with Crippen LogP contribution in [0.25, 0.3) is 0 Å². The van der Waals surface area contributed by atoms with E-state index in [1.165, 1.54) is 25.1 Å². The topological polar surface area (TPSA) is 67.4 Å². The highest BCUT2D eigenvalue weighted by Gasteiger charge is 2.30. The lowest BCUT2D eigenvalue weighted by Crippen LogP contribution is -2.12. The summed E-state index contributed by atoms with van der Waals surface area (Å²) in [6, 6.07) is 17.1. The molecule has 30 heavy (non-hydrogen) atoms. The van der Waals surface area contributed by atoms with Crippen LogP contribution in [0.2, 0.25) is 0 Å². The van der Waals surface area contributed by atoms with Gasteiger partial charge in [-0.1, -0.05) is 12.1 Å². The number of benzene rings is 3. The van der Waals surface area contributed by atoms with E-state index in [1.807, 2.05) is 0 Å². The van der Waals surface area contributed by atoms with E-state index in [2.05, 4.69) is 10.6 Å². The number of carbonyl (C=O) groups excluding carboxylic acids is 2. The molecule has 0 saturated heterocycles. The molecular formula is C22H17F3N2O3. The van der Waals surface area contributed by atoms with E-state index in [1.54, 1.807) is 42.5 Å². The minimum Gasteiger partial charge on any atom is -0.457 e. The van der Waals surface area contributed by atoms with Gasteiger partial charge >= 0.3 is 6.18 Å². The van der Waals surface area contributed by atoms with E-state index >= 15 is 0 Å². The molecular weight excluding hydrogens is 397 g/mol. The highest BCUT2D eigenvalue weighted by atomic mass is 19.4. The predicted molar refractivity (Wildman–Crippen MR) is 107 cm³/mol. The molecule has 0 aliphatic rings. The molecule has 3 rings (SSSR count). The van der Waals surface area contributed by atoms with Gasteiger partial charge in [0.2, 0.25) is 5.91 Å². The average Bonchev–Trinajstić information content (AvgIpc) is 2.69. The van der Waals surface area contributed by atoms with Crippen molar-refractivity contribution in [3.8, 4) is 11.5 Å². The highest BCUT2D eigenvalue weighted by Crippen LogP contribution is 2.32. The van der Waals surface area contributed by atoms with Crippen LogP contribution in [-0.4, -0.2) is 11.8 Å². The summed E-state index contributed by atoms with van der Waals surface area (Å²) in [5.74, 6) is -0.389. The average molecular weight is 414 g/mol. The summed E-state index contributed by atoms with van der Waals surface area (Å²) in [6.45, 7) is 1.39. The van der Waals surface area contributed by atoms with Gasteiger partial charge < -0.3 is 15.4 Å². The van der Waals surface area contributed by atoms with Gasteiger partial charge in [0.05, 0.1) is 5.56 Å². The fraction of sp³-hybridized carbons (Fsp3) is 0.0909. The van der Waals surface area contributed by atoms with Gasteiger partial charge in [0.1, 0.15) is 11.5 Å². The van der Waals surface area contributed by atoms with Gasteiger partial charge in [0.15, 0.2) is 0 Å². The molecule has 0 fully saturated rings. The van der Waals surface area contributed by atoms with Gasteiger partial charge in [-0.15, -0.1) is 0 Å². The minimum atomic E-state index is -4.48. The molecule has 5 nitrogen and oxygen atoms in total. The van der Waals surface area contributed by atoms with Crippen LogP contribution in [-0.2, 0) is 11.0 Å². The number of halogens is 3. The van der Waals surface area contributed by atoms with Gasteiger partial charge in [-0.25, -0.2) is 0 Å². The summed E-state index contributed by atoms with van der Waals surface area (Å²) < 4.78 is 44.0. The van der Waals surface area contributed by atoms with Crippen LogP contribution in [0.4, 0.5) is 24.5 Å². The van der Waals surface area contributed by atoms with Crippen LogP contribution in [0, 0.1) is 0 Å². The second-order valence-corrected chi connectivity index (χ2v) is 6.37. The zero-order valence-electron chi connectivity index (χ0n) is 15.8. The zero-order chi connectivity index (χ0) is 21.7. The van der Waals surface area contributed by atoms with Gasteiger partial charge in [0, 0.05) is 23.9 Å². The second-order valence-electron chi connectivity index (χ2n) is 6.37. The van der Waals surface area contributed by atoms with Crippen LogP contribution in [0.15, 0.2) is 72.8 Å². The number of rotatable bonds is 5. The Morgan fingerprint density at radius 2 is 1.37 bits per heavy atom. The molecule has 0 aliphatic carbocycles. The summed E-state index contributed by atoms with van der Waals surface area (Å²) in [6.07, 6.45) is -4.48. The van der Waals surface area contributed by atoms with Crippen LogP contribution < -0.4 is 15.4 Å². The van der Waals surface area contributed by atoms with Crippen molar-refractivity contribution >= 4 is 23.2 Å². The van der Waals surface area contributed by atoms with Crippen LogP contribution in [0.1, 0.15) is 22.8 Å². The number of hydrogen-bond acceptors (Lipinski definition) is 3. The van der Waals surface area contributed by atoms with Crippen molar-refractivity contribution in [2.45, 2.75) is 13.1 Å². The molecule has 0 heterocycles. The Morgan fingerprint density at radius 1 is 0.800 bits per heavy atom. The maximum atomic E-state index is 12.8. The van der Waals surface area contributed by atoms with Crippen LogP contribution >= 0.6 is 0 Å². The van der Waals surface area contributed by atoms with Crippen LogP contribution in [0.3, 0.4) is 0 Å². The monoisotopic (exact) mass is 414 g/mol. The molecule has 0 radical (unpaired) electrons. The Balaban J connectivity index is 1.70. The van der Waals surface area contributed by atoms with E-state index in [-0.39, 0.29) is 23.0 Å². The highest BCUT2D eigenvalue weighted by molar-refractivity contribution is 6.04. The van der Waals surface area contributed by atoms with Gasteiger partial charge in [-0.05, 0) is 60.7 Å². The third-order valence-corrected chi connectivity index (χ3v) is 3.96. The fourth-order valence-electron chi connectivity index (χ4n) is 2.62. The molecule has 0 aliphatic heterocycles. The summed E-state index contributed by atoms with van der Waals surface area (Å²) in [7, 11) is 0. The number of ether oxygens (including phenoxy) is 1. The molecule has 154 valence electrons. The normalized spacial score (nSPS) is 10.9. The molecule has 3 aromatic carbocycles. The minimum absolute atomic E-state index is 0.0101. The van der Waals surface area contributed by atoms with E-state index in [0.29, 0.717) is 11.4 Å². The lowest BCUT2D eigenvalue weighted by molar-refractivity contribution is -0.137. The predicted octanol–water partition coefficient (Wildman–Crippen LogP) is 5.71. The Hall–Kier alpha value is -3.81.